The Bertz CT molecular complexity index is 978. The smallest absolute Gasteiger partial charge is 0.276 e. The molecule has 0 aliphatic carbocycles. The average Bonchev–Trinajstić information content (AvgIpc) is 3.02. The molecule has 1 aromatic heterocycles. The van der Waals surface area contributed by atoms with E-state index in [1.807, 2.05) is 50.2 Å². The van der Waals surface area contributed by atoms with Crippen LogP contribution in [0.25, 0.3) is 5.69 Å². The molecule has 0 saturated carbocycles. The zero-order chi connectivity index (χ0) is 19.6. The summed E-state index contributed by atoms with van der Waals surface area (Å²) in [5.74, 6) is 0.585. The van der Waals surface area contributed by atoms with Crippen molar-refractivity contribution in [3.63, 3.8) is 0 Å². The molecular weight excluding hydrogens is 340 g/mol. The van der Waals surface area contributed by atoms with Crippen LogP contribution in [0.4, 0.5) is 0 Å². The highest BCUT2D eigenvalue weighted by molar-refractivity contribution is 5.93. The highest BCUT2D eigenvalue weighted by atomic mass is 16.5. The molecule has 2 aromatic carbocycles. The van der Waals surface area contributed by atoms with Crippen molar-refractivity contribution in [2.45, 2.75) is 27.3 Å². The van der Waals surface area contributed by atoms with Gasteiger partial charge in [0.25, 0.3) is 5.91 Å². The van der Waals surface area contributed by atoms with Gasteiger partial charge in [-0.2, -0.15) is 9.90 Å². The first kappa shape index (κ1) is 18.6. The van der Waals surface area contributed by atoms with Gasteiger partial charge >= 0.3 is 0 Å². The largest absolute Gasteiger partial charge is 0.496 e. The third-order valence-corrected chi connectivity index (χ3v) is 4.50. The number of methoxy groups -OCH3 is 1. The SMILES string of the molecule is COc1ccccc1CN(C)C(=O)c1nn(-c2ccc(C)cc2C)nc1C. The molecule has 0 N–H and O–H groups in total. The Hall–Kier alpha value is -3.15. The standard InChI is InChI=1S/C21H24N4O2/c1-14-10-11-18(15(2)12-14)25-22-16(3)20(23-25)21(26)24(4)13-17-8-6-7-9-19(17)27-5/h6-12H,13H2,1-5H3. The number of hydrogen-bond acceptors (Lipinski definition) is 4. The van der Waals surface area contributed by atoms with Gasteiger partial charge in [-0.25, -0.2) is 0 Å². The van der Waals surface area contributed by atoms with Gasteiger partial charge in [0, 0.05) is 19.2 Å². The van der Waals surface area contributed by atoms with E-state index in [-0.39, 0.29) is 5.91 Å². The number of aromatic nitrogens is 3. The zero-order valence-electron chi connectivity index (χ0n) is 16.4. The molecule has 3 rings (SSSR count). The second-order valence-corrected chi connectivity index (χ2v) is 6.69. The van der Waals surface area contributed by atoms with Gasteiger partial charge < -0.3 is 9.64 Å². The number of benzene rings is 2. The molecular formula is C21H24N4O2. The molecule has 1 heterocycles. The van der Waals surface area contributed by atoms with Gasteiger partial charge in [-0.3, -0.25) is 4.79 Å². The van der Waals surface area contributed by atoms with Crippen LogP contribution in [-0.4, -0.2) is 40.0 Å². The molecule has 0 aliphatic rings. The molecule has 3 aromatic rings. The van der Waals surface area contributed by atoms with Gasteiger partial charge in [0.05, 0.1) is 18.5 Å². The van der Waals surface area contributed by atoms with Crippen molar-refractivity contribution in [3.8, 4) is 11.4 Å². The lowest BCUT2D eigenvalue weighted by Crippen LogP contribution is -2.27. The second kappa shape index (κ2) is 7.61. The minimum atomic E-state index is -0.172. The van der Waals surface area contributed by atoms with Gasteiger partial charge in [-0.1, -0.05) is 35.9 Å². The van der Waals surface area contributed by atoms with E-state index in [1.54, 1.807) is 26.0 Å². The second-order valence-electron chi connectivity index (χ2n) is 6.69. The van der Waals surface area contributed by atoms with E-state index in [1.165, 1.54) is 10.4 Å². The maximum atomic E-state index is 12.9. The summed E-state index contributed by atoms with van der Waals surface area (Å²) < 4.78 is 5.37. The predicted molar refractivity (Wildman–Crippen MR) is 104 cm³/mol. The quantitative estimate of drug-likeness (QED) is 0.695. The van der Waals surface area contributed by atoms with E-state index >= 15 is 0 Å². The van der Waals surface area contributed by atoms with Gasteiger partial charge in [0.15, 0.2) is 5.69 Å². The first-order chi connectivity index (χ1) is 12.9. The Labute approximate surface area is 159 Å². The van der Waals surface area contributed by atoms with Gasteiger partial charge in [0.1, 0.15) is 5.75 Å². The summed E-state index contributed by atoms with van der Waals surface area (Å²) in [6.45, 7) is 6.28. The molecule has 1 amide bonds. The van der Waals surface area contributed by atoms with Crippen molar-refractivity contribution in [1.82, 2.24) is 19.9 Å². The molecule has 0 bridgehead atoms. The van der Waals surface area contributed by atoms with Crippen molar-refractivity contribution in [2.24, 2.45) is 0 Å². The Balaban J connectivity index is 1.85. The Morgan fingerprint density at radius 3 is 2.56 bits per heavy atom. The summed E-state index contributed by atoms with van der Waals surface area (Å²) >= 11 is 0. The third-order valence-electron chi connectivity index (χ3n) is 4.50. The fourth-order valence-corrected chi connectivity index (χ4v) is 3.06. The number of hydrogen-bond donors (Lipinski definition) is 0. The fourth-order valence-electron chi connectivity index (χ4n) is 3.06. The molecule has 0 atom stereocenters. The first-order valence-corrected chi connectivity index (χ1v) is 8.79. The van der Waals surface area contributed by atoms with E-state index in [2.05, 4.69) is 16.3 Å². The summed E-state index contributed by atoms with van der Waals surface area (Å²) in [5.41, 5.74) is 5.00. The molecule has 0 unspecified atom stereocenters. The van der Waals surface area contributed by atoms with E-state index in [0.29, 0.717) is 17.9 Å². The van der Waals surface area contributed by atoms with Crippen LogP contribution in [0.1, 0.15) is 32.9 Å². The van der Waals surface area contributed by atoms with E-state index < -0.39 is 0 Å². The van der Waals surface area contributed by atoms with E-state index in [4.69, 9.17) is 4.74 Å². The minimum absolute atomic E-state index is 0.172. The maximum Gasteiger partial charge on any atom is 0.276 e. The highest BCUT2D eigenvalue weighted by Gasteiger charge is 2.21. The van der Waals surface area contributed by atoms with Crippen molar-refractivity contribution in [1.29, 1.82) is 0 Å². The highest BCUT2D eigenvalue weighted by Crippen LogP contribution is 2.20. The number of nitrogens with zero attached hydrogens (tertiary/aromatic N) is 4. The molecule has 0 radical (unpaired) electrons. The molecule has 140 valence electrons. The molecule has 0 spiro atoms. The number of ether oxygens (including phenoxy) is 1. The number of carbonyl (C=O) groups is 1. The molecule has 6 heteroatoms. The molecule has 27 heavy (non-hydrogen) atoms. The Kier molecular flexibility index (Phi) is 5.26. The van der Waals surface area contributed by atoms with Crippen molar-refractivity contribution in [2.75, 3.05) is 14.2 Å². The summed E-state index contributed by atoms with van der Waals surface area (Å²) in [6, 6.07) is 13.7. The minimum Gasteiger partial charge on any atom is -0.496 e. The summed E-state index contributed by atoms with van der Waals surface area (Å²) in [7, 11) is 3.38. The van der Waals surface area contributed by atoms with Crippen LogP contribution in [-0.2, 0) is 6.54 Å². The van der Waals surface area contributed by atoms with Crippen LogP contribution in [0.3, 0.4) is 0 Å². The van der Waals surface area contributed by atoms with Crippen molar-refractivity contribution >= 4 is 5.91 Å². The van der Waals surface area contributed by atoms with Crippen LogP contribution < -0.4 is 4.74 Å². The molecule has 0 aliphatic heterocycles. The summed E-state index contributed by atoms with van der Waals surface area (Å²) in [4.78, 5) is 16.1. The summed E-state index contributed by atoms with van der Waals surface area (Å²) in [5, 5.41) is 8.91. The topological polar surface area (TPSA) is 60.2 Å². The average molecular weight is 364 g/mol. The first-order valence-electron chi connectivity index (χ1n) is 8.79. The lowest BCUT2D eigenvalue weighted by molar-refractivity contribution is 0.0777. The van der Waals surface area contributed by atoms with Gasteiger partial charge in [-0.05, 0) is 38.5 Å². The fraction of sp³-hybridized carbons (Fsp3) is 0.286. The number of para-hydroxylation sites is 1. The normalized spacial score (nSPS) is 10.7. The van der Waals surface area contributed by atoms with Gasteiger partial charge in [0.2, 0.25) is 0 Å². The van der Waals surface area contributed by atoms with E-state index in [9.17, 15) is 4.79 Å². The lowest BCUT2D eigenvalue weighted by Gasteiger charge is -2.17. The predicted octanol–water partition coefficient (Wildman–Crippen LogP) is 3.47. The third kappa shape index (κ3) is 3.84. The Morgan fingerprint density at radius 1 is 1.11 bits per heavy atom. The van der Waals surface area contributed by atoms with E-state index in [0.717, 1.165) is 22.6 Å². The monoisotopic (exact) mass is 364 g/mol. The van der Waals surface area contributed by atoms with Crippen LogP contribution in [0, 0.1) is 20.8 Å². The molecule has 6 nitrogen and oxygen atoms in total. The zero-order valence-corrected chi connectivity index (χ0v) is 16.4. The number of carbonyl (C=O) groups excluding carboxylic acids is 1. The Morgan fingerprint density at radius 2 is 1.85 bits per heavy atom. The number of rotatable bonds is 5. The van der Waals surface area contributed by atoms with Crippen LogP contribution >= 0.6 is 0 Å². The van der Waals surface area contributed by atoms with Crippen LogP contribution in [0.15, 0.2) is 42.5 Å². The van der Waals surface area contributed by atoms with Crippen molar-refractivity contribution in [3.05, 3.63) is 70.5 Å². The summed E-state index contributed by atoms with van der Waals surface area (Å²) in [6.07, 6.45) is 0. The number of aryl methyl sites for hydroxylation is 3. The van der Waals surface area contributed by atoms with Crippen LogP contribution in [0.5, 0.6) is 5.75 Å². The van der Waals surface area contributed by atoms with Crippen molar-refractivity contribution < 1.29 is 9.53 Å². The number of amides is 1. The maximum absolute atomic E-state index is 12.9. The lowest BCUT2D eigenvalue weighted by atomic mass is 10.1. The van der Waals surface area contributed by atoms with Crippen LogP contribution in [0.2, 0.25) is 0 Å². The molecule has 0 saturated heterocycles. The molecule has 0 fully saturated rings. The van der Waals surface area contributed by atoms with Gasteiger partial charge in [-0.15, -0.1) is 5.10 Å².